The maximum Gasteiger partial charge on any atom is 0.251 e. The lowest BCUT2D eigenvalue weighted by atomic mass is 10.1. The van der Waals surface area contributed by atoms with Crippen molar-refractivity contribution in [2.45, 2.75) is 6.92 Å². The number of halogens is 2. The van der Waals surface area contributed by atoms with E-state index in [9.17, 15) is 18.4 Å². The molecule has 0 bridgehead atoms. The summed E-state index contributed by atoms with van der Waals surface area (Å²) in [4.78, 5) is 25.2. The molecule has 2 rings (SSSR count). The van der Waals surface area contributed by atoms with Gasteiger partial charge in [0.05, 0.1) is 11.3 Å². The number of amides is 2. The van der Waals surface area contributed by atoms with Crippen molar-refractivity contribution < 1.29 is 18.4 Å². The largest absolute Gasteiger partial charge is 0.350 e. The Kier molecular flexibility index (Phi) is 5.79. The minimum atomic E-state index is -1.11. The van der Waals surface area contributed by atoms with Crippen molar-refractivity contribution >= 4 is 17.5 Å². The van der Waals surface area contributed by atoms with Crippen LogP contribution in [0.4, 0.5) is 14.5 Å². The van der Waals surface area contributed by atoms with Crippen LogP contribution in [0, 0.1) is 23.0 Å². The summed E-state index contributed by atoms with van der Waals surface area (Å²) in [5.74, 6) is -3.02. The molecule has 0 aliphatic rings. The fourth-order valence-corrected chi connectivity index (χ4v) is 2.27. The first-order valence-corrected chi connectivity index (χ1v) is 7.44. The molecule has 25 heavy (non-hydrogen) atoms. The molecule has 0 spiro atoms. The van der Waals surface area contributed by atoms with Gasteiger partial charge in [-0.15, -0.1) is 0 Å². The van der Waals surface area contributed by atoms with Crippen LogP contribution in [0.5, 0.6) is 0 Å². The van der Waals surface area contributed by atoms with E-state index in [-0.39, 0.29) is 24.6 Å². The molecular weight excluding hydrogens is 328 g/mol. The SMILES string of the molecule is CC(=O)N(CCNC(=O)c1ccc(F)c(F)c1)c1ccccc1C#N. The lowest BCUT2D eigenvalue weighted by Crippen LogP contribution is -2.38. The third-order valence-corrected chi connectivity index (χ3v) is 3.50. The molecule has 0 aliphatic heterocycles. The number of carbonyl (C=O) groups excluding carboxylic acids is 2. The Hall–Kier alpha value is -3.27. The summed E-state index contributed by atoms with van der Waals surface area (Å²) in [6.07, 6.45) is 0. The maximum absolute atomic E-state index is 13.2. The zero-order valence-corrected chi connectivity index (χ0v) is 13.4. The van der Waals surface area contributed by atoms with Gasteiger partial charge in [-0.25, -0.2) is 8.78 Å². The Balaban J connectivity index is 2.05. The topological polar surface area (TPSA) is 73.2 Å². The second kappa shape index (κ2) is 8.02. The lowest BCUT2D eigenvalue weighted by Gasteiger charge is -2.22. The fraction of sp³-hybridized carbons (Fsp3) is 0.167. The van der Waals surface area contributed by atoms with Crippen LogP contribution >= 0.6 is 0 Å². The van der Waals surface area contributed by atoms with Crippen LogP contribution in [0.15, 0.2) is 42.5 Å². The Morgan fingerprint density at radius 2 is 1.88 bits per heavy atom. The van der Waals surface area contributed by atoms with Gasteiger partial charge in [0.15, 0.2) is 11.6 Å². The first kappa shape index (κ1) is 18.1. The summed E-state index contributed by atoms with van der Waals surface area (Å²) in [5, 5.41) is 11.7. The molecule has 2 amide bonds. The molecule has 0 radical (unpaired) electrons. The molecule has 0 saturated heterocycles. The summed E-state index contributed by atoms with van der Waals surface area (Å²) in [5.41, 5.74) is 0.759. The van der Waals surface area contributed by atoms with Crippen LogP contribution in [-0.2, 0) is 4.79 Å². The third-order valence-electron chi connectivity index (χ3n) is 3.50. The van der Waals surface area contributed by atoms with Gasteiger partial charge in [0.1, 0.15) is 6.07 Å². The van der Waals surface area contributed by atoms with E-state index in [4.69, 9.17) is 5.26 Å². The van der Waals surface area contributed by atoms with Crippen molar-refractivity contribution in [1.29, 1.82) is 5.26 Å². The number of benzene rings is 2. The molecule has 0 heterocycles. The lowest BCUT2D eigenvalue weighted by molar-refractivity contribution is -0.116. The molecule has 2 aromatic carbocycles. The molecule has 5 nitrogen and oxygen atoms in total. The highest BCUT2D eigenvalue weighted by atomic mass is 19.2. The Morgan fingerprint density at radius 3 is 2.52 bits per heavy atom. The van der Waals surface area contributed by atoms with Gasteiger partial charge in [-0.1, -0.05) is 12.1 Å². The zero-order valence-electron chi connectivity index (χ0n) is 13.4. The van der Waals surface area contributed by atoms with Gasteiger partial charge in [-0.2, -0.15) is 5.26 Å². The van der Waals surface area contributed by atoms with E-state index >= 15 is 0 Å². The van der Waals surface area contributed by atoms with Crippen molar-refractivity contribution in [3.05, 3.63) is 65.2 Å². The molecule has 7 heteroatoms. The minimum absolute atomic E-state index is 0.0225. The molecule has 2 aromatic rings. The Bertz CT molecular complexity index is 846. The van der Waals surface area contributed by atoms with Crippen LogP contribution in [0.25, 0.3) is 0 Å². The predicted molar refractivity (Wildman–Crippen MR) is 87.9 cm³/mol. The smallest absolute Gasteiger partial charge is 0.251 e. The molecular formula is C18H15F2N3O2. The van der Waals surface area contributed by atoms with Crippen LogP contribution in [-0.4, -0.2) is 24.9 Å². The number of nitriles is 1. The number of hydrogen-bond donors (Lipinski definition) is 1. The van der Waals surface area contributed by atoms with E-state index in [2.05, 4.69) is 5.32 Å². The molecule has 0 fully saturated rings. The molecule has 0 unspecified atom stereocenters. The zero-order chi connectivity index (χ0) is 18.4. The number of nitrogens with one attached hydrogen (secondary N) is 1. The van der Waals surface area contributed by atoms with Gasteiger partial charge in [0.25, 0.3) is 5.91 Å². The summed E-state index contributed by atoms with van der Waals surface area (Å²) in [7, 11) is 0. The molecule has 128 valence electrons. The van der Waals surface area contributed by atoms with E-state index in [0.717, 1.165) is 12.1 Å². The van der Waals surface area contributed by atoms with E-state index in [1.54, 1.807) is 24.3 Å². The summed E-state index contributed by atoms with van der Waals surface area (Å²) < 4.78 is 26.1. The van der Waals surface area contributed by atoms with E-state index in [1.165, 1.54) is 17.9 Å². The Morgan fingerprint density at radius 1 is 1.16 bits per heavy atom. The normalized spacial score (nSPS) is 10.0. The molecule has 1 N–H and O–H groups in total. The second-order valence-electron chi connectivity index (χ2n) is 5.18. The minimum Gasteiger partial charge on any atom is -0.350 e. The van der Waals surface area contributed by atoms with Gasteiger partial charge in [-0.3, -0.25) is 9.59 Å². The summed E-state index contributed by atoms with van der Waals surface area (Å²) in [6, 6.07) is 11.5. The quantitative estimate of drug-likeness (QED) is 0.907. The molecule has 0 saturated carbocycles. The highest BCUT2D eigenvalue weighted by Gasteiger charge is 2.16. The van der Waals surface area contributed by atoms with Crippen molar-refractivity contribution in [3.8, 4) is 6.07 Å². The number of para-hydroxylation sites is 1. The number of rotatable bonds is 5. The van der Waals surface area contributed by atoms with Gasteiger partial charge >= 0.3 is 0 Å². The number of nitrogens with zero attached hydrogens (tertiary/aromatic N) is 2. The summed E-state index contributed by atoms with van der Waals surface area (Å²) >= 11 is 0. The monoisotopic (exact) mass is 343 g/mol. The van der Waals surface area contributed by atoms with Crippen LogP contribution in [0.3, 0.4) is 0 Å². The Labute approximate surface area is 143 Å². The van der Waals surface area contributed by atoms with Crippen molar-refractivity contribution in [3.63, 3.8) is 0 Å². The standard InChI is InChI=1S/C18H15F2N3O2/c1-12(24)23(17-5-3-2-4-14(17)11-21)9-8-22-18(25)13-6-7-15(19)16(20)10-13/h2-7,10H,8-9H2,1H3,(H,22,25). The molecule has 0 atom stereocenters. The maximum atomic E-state index is 13.2. The van der Waals surface area contributed by atoms with E-state index in [0.29, 0.717) is 11.3 Å². The number of anilines is 1. The van der Waals surface area contributed by atoms with E-state index in [1.807, 2.05) is 6.07 Å². The third kappa shape index (κ3) is 4.38. The van der Waals surface area contributed by atoms with Crippen LogP contribution < -0.4 is 10.2 Å². The van der Waals surface area contributed by atoms with Gasteiger partial charge in [0.2, 0.25) is 5.91 Å². The first-order valence-electron chi connectivity index (χ1n) is 7.44. The highest BCUT2D eigenvalue weighted by molar-refractivity contribution is 5.95. The average Bonchev–Trinajstić information content (AvgIpc) is 2.60. The fourth-order valence-electron chi connectivity index (χ4n) is 2.27. The van der Waals surface area contributed by atoms with Crippen molar-refractivity contribution in [2.75, 3.05) is 18.0 Å². The van der Waals surface area contributed by atoms with Crippen molar-refractivity contribution in [1.82, 2.24) is 5.32 Å². The first-order chi connectivity index (χ1) is 11.9. The van der Waals surface area contributed by atoms with Gasteiger partial charge in [-0.05, 0) is 30.3 Å². The average molecular weight is 343 g/mol. The second-order valence-corrected chi connectivity index (χ2v) is 5.18. The molecule has 0 aromatic heterocycles. The predicted octanol–water partition coefficient (Wildman–Crippen LogP) is 2.62. The molecule has 0 aliphatic carbocycles. The number of carbonyl (C=O) groups is 2. The van der Waals surface area contributed by atoms with Crippen LogP contribution in [0.1, 0.15) is 22.8 Å². The van der Waals surface area contributed by atoms with Crippen molar-refractivity contribution in [2.24, 2.45) is 0 Å². The van der Waals surface area contributed by atoms with Crippen LogP contribution in [0.2, 0.25) is 0 Å². The highest BCUT2D eigenvalue weighted by Crippen LogP contribution is 2.19. The van der Waals surface area contributed by atoms with Gasteiger partial charge in [0, 0.05) is 25.6 Å². The summed E-state index contributed by atoms with van der Waals surface area (Å²) in [6.45, 7) is 1.56. The van der Waals surface area contributed by atoms with Gasteiger partial charge < -0.3 is 10.2 Å². The number of hydrogen-bond acceptors (Lipinski definition) is 3. The van der Waals surface area contributed by atoms with E-state index < -0.39 is 17.5 Å².